The topological polar surface area (TPSA) is 33.6 Å². The molecular weight excluding hydrogens is 222 g/mol. The number of nitrogens with one attached hydrogen (secondary N) is 1. The first-order valence-electron chi connectivity index (χ1n) is 5.79. The number of H-pyrrole nitrogens is 1. The molecule has 3 aromatic heterocycles. The maximum absolute atomic E-state index is 4.67. The van der Waals surface area contributed by atoms with Crippen molar-refractivity contribution in [2.45, 2.75) is 0 Å². The fourth-order valence-corrected chi connectivity index (χ4v) is 1.99. The lowest BCUT2D eigenvalue weighted by Crippen LogP contribution is -1.92. The highest BCUT2D eigenvalue weighted by Gasteiger charge is 2.06. The van der Waals surface area contributed by atoms with Crippen LogP contribution < -0.4 is 0 Å². The first-order valence-corrected chi connectivity index (χ1v) is 5.79. The summed E-state index contributed by atoms with van der Waals surface area (Å²) in [5.41, 5.74) is 3.94. The Kier molecular flexibility index (Phi) is 2.57. The third-order valence-electron chi connectivity index (χ3n) is 2.86. The van der Waals surface area contributed by atoms with Crippen LogP contribution in [0.25, 0.3) is 29.0 Å². The Morgan fingerprint density at radius 2 is 1.94 bits per heavy atom. The van der Waals surface area contributed by atoms with E-state index in [0.29, 0.717) is 0 Å². The van der Waals surface area contributed by atoms with E-state index in [-0.39, 0.29) is 0 Å². The SMILES string of the molecule is C=Cn1cccc1-c1cccc(-c2ccc[nH]2)n1. The van der Waals surface area contributed by atoms with Crippen LogP contribution in [0.5, 0.6) is 0 Å². The number of hydrogen-bond donors (Lipinski definition) is 1. The maximum Gasteiger partial charge on any atom is 0.0877 e. The van der Waals surface area contributed by atoms with Crippen LogP contribution in [-0.4, -0.2) is 14.5 Å². The molecular formula is C15H13N3. The molecule has 3 rings (SSSR count). The predicted molar refractivity (Wildman–Crippen MR) is 73.8 cm³/mol. The van der Waals surface area contributed by atoms with E-state index >= 15 is 0 Å². The molecule has 1 N–H and O–H groups in total. The minimum atomic E-state index is 0.937. The molecule has 0 aromatic carbocycles. The Balaban J connectivity index is 2.09. The second kappa shape index (κ2) is 4.37. The average Bonchev–Trinajstić information content (AvgIpc) is 3.10. The maximum atomic E-state index is 4.67. The van der Waals surface area contributed by atoms with Crippen LogP contribution in [-0.2, 0) is 0 Å². The van der Waals surface area contributed by atoms with E-state index in [2.05, 4.69) is 16.5 Å². The van der Waals surface area contributed by atoms with Crippen molar-refractivity contribution in [2.75, 3.05) is 0 Å². The third kappa shape index (κ3) is 1.76. The number of aromatic nitrogens is 3. The molecule has 0 aliphatic carbocycles. The van der Waals surface area contributed by atoms with E-state index in [1.54, 1.807) is 6.20 Å². The van der Waals surface area contributed by atoms with Crippen molar-refractivity contribution in [3.05, 3.63) is 61.4 Å². The summed E-state index contributed by atoms with van der Waals surface area (Å²) in [7, 11) is 0. The van der Waals surface area contributed by atoms with Gasteiger partial charge in [-0.15, -0.1) is 0 Å². The van der Waals surface area contributed by atoms with Gasteiger partial charge in [-0.05, 0) is 36.4 Å². The number of hydrogen-bond acceptors (Lipinski definition) is 1. The smallest absolute Gasteiger partial charge is 0.0877 e. The van der Waals surface area contributed by atoms with Gasteiger partial charge in [0.2, 0.25) is 0 Å². The third-order valence-corrected chi connectivity index (χ3v) is 2.86. The van der Waals surface area contributed by atoms with E-state index in [0.717, 1.165) is 22.8 Å². The molecule has 0 bridgehead atoms. The molecule has 3 heterocycles. The van der Waals surface area contributed by atoms with Crippen molar-refractivity contribution in [3.63, 3.8) is 0 Å². The Morgan fingerprint density at radius 1 is 1.06 bits per heavy atom. The Hall–Kier alpha value is -2.55. The van der Waals surface area contributed by atoms with E-state index < -0.39 is 0 Å². The van der Waals surface area contributed by atoms with Crippen molar-refractivity contribution in [2.24, 2.45) is 0 Å². The van der Waals surface area contributed by atoms with Gasteiger partial charge < -0.3 is 9.55 Å². The molecule has 0 aliphatic rings. The number of pyridine rings is 1. The van der Waals surface area contributed by atoms with E-state index in [1.807, 2.05) is 59.4 Å². The zero-order valence-electron chi connectivity index (χ0n) is 9.88. The molecule has 0 aliphatic heterocycles. The Bertz CT molecular complexity index is 663. The molecule has 3 heteroatoms. The predicted octanol–water partition coefficient (Wildman–Crippen LogP) is 3.65. The van der Waals surface area contributed by atoms with Crippen LogP contribution in [0.2, 0.25) is 0 Å². The van der Waals surface area contributed by atoms with Crippen molar-refractivity contribution in [1.82, 2.24) is 14.5 Å². The summed E-state index contributed by atoms with van der Waals surface area (Å²) < 4.78 is 1.96. The second-order valence-corrected chi connectivity index (χ2v) is 3.98. The van der Waals surface area contributed by atoms with Gasteiger partial charge in [0.1, 0.15) is 0 Å². The number of nitrogens with zero attached hydrogens (tertiary/aromatic N) is 2. The van der Waals surface area contributed by atoms with Crippen LogP contribution in [0.4, 0.5) is 0 Å². The fraction of sp³-hybridized carbons (Fsp3) is 0. The highest BCUT2D eigenvalue weighted by Crippen LogP contribution is 2.22. The summed E-state index contributed by atoms with van der Waals surface area (Å²) >= 11 is 0. The molecule has 0 fully saturated rings. The molecule has 0 amide bonds. The van der Waals surface area contributed by atoms with Gasteiger partial charge in [0, 0.05) is 18.6 Å². The molecule has 0 unspecified atom stereocenters. The lowest BCUT2D eigenvalue weighted by Gasteiger charge is -2.05. The van der Waals surface area contributed by atoms with Crippen molar-refractivity contribution >= 4 is 6.20 Å². The molecule has 88 valence electrons. The Morgan fingerprint density at radius 3 is 2.72 bits per heavy atom. The molecule has 0 atom stereocenters. The van der Waals surface area contributed by atoms with Gasteiger partial charge >= 0.3 is 0 Å². The number of rotatable bonds is 3. The molecule has 3 nitrogen and oxygen atoms in total. The monoisotopic (exact) mass is 235 g/mol. The standard InChI is InChI=1S/C15H13N3/c1-2-18-11-5-9-15(18)14-7-3-6-13(17-14)12-8-4-10-16-12/h2-11,16H,1H2. The van der Waals surface area contributed by atoms with Gasteiger partial charge in [0.15, 0.2) is 0 Å². The van der Waals surface area contributed by atoms with Gasteiger partial charge in [-0.3, -0.25) is 0 Å². The summed E-state index contributed by atoms with van der Waals surface area (Å²) in [6, 6.07) is 14.0. The van der Waals surface area contributed by atoms with Crippen LogP contribution >= 0.6 is 0 Å². The minimum Gasteiger partial charge on any atom is -0.360 e. The van der Waals surface area contributed by atoms with Crippen LogP contribution in [0.15, 0.2) is 61.4 Å². The lowest BCUT2D eigenvalue weighted by molar-refractivity contribution is 1.15. The van der Waals surface area contributed by atoms with Crippen molar-refractivity contribution < 1.29 is 0 Å². The summed E-state index contributed by atoms with van der Waals surface area (Å²) in [5.74, 6) is 0. The summed E-state index contributed by atoms with van der Waals surface area (Å²) in [5, 5.41) is 0. The van der Waals surface area contributed by atoms with Crippen LogP contribution in [0, 0.1) is 0 Å². The minimum absolute atomic E-state index is 0.937. The second-order valence-electron chi connectivity index (χ2n) is 3.98. The van der Waals surface area contributed by atoms with Crippen LogP contribution in [0.1, 0.15) is 0 Å². The first kappa shape index (κ1) is 10.6. The zero-order chi connectivity index (χ0) is 12.4. The van der Waals surface area contributed by atoms with E-state index in [1.165, 1.54) is 0 Å². The quantitative estimate of drug-likeness (QED) is 0.738. The molecule has 18 heavy (non-hydrogen) atoms. The van der Waals surface area contributed by atoms with Gasteiger partial charge in [-0.1, -0.05) is 12.6 Å². The van der Waals surface area contributed by atoms with E-state index in [9.17, 15) is 0 Å². The summed E-state index contributed by atoms with van der Waals surface area (Å²) in [6.07, 6.45) is 5.64. The first-order chi connectivity index (χ1) is 8.88. The lowest BCUT2D eigenvalue weighted by atomic mass is 10.2. The van der Waals surface area contributed by atoms with E-state index in [4.69, 9.17) is 0 Å². The summed E-state index contributed by atoms with van der Waals surface area (Å²) in [6.45, 7) is 3.79. The largest absolute Gasteiger partial charge is 0.360 e. The zero-order valence-corrected chi connectivity index (χ0v) is 9.88. The fourth-order valence-electron chi connectivity index (χ4n) is 1.99. The highest BCUT2D eigenvalue weighted by atomic mass is 15.0. The Labute approximate surface area is 105 Å². The van der Waals surface area contributed by atoms with Gasteiger partial charge in [0.05, 0.1) is 22.8 Å². The van der Waals surface area contributed by atoms with Crippen molar-refractivity contribution in [3.8, 4) is 22.8 Å². The number of aromatic amines is 1. The summed E-state index contributed by atoms with van der Waals surface area (Å²) in [4.78, 5) is 7.83. The molecule has 0 saturated carbocycles. The molecule has 0 spiro atoms. The molecule has 0 radical (unpaired) electrons. The average molecular weight is 235 g/mol. The van der Waals surface area contributed by atoms with Crippen molar-refractivity contribution in [1.29, 1.82) is 0 Å². The van der Waals surface area contributed by atoms with Gasteiger partial charge in [-0.2, -0.15) is 0 Å². The highest BCUT2D eigenvalue weighted by molar-refractivity contribution is 5.63. The van der Waals surface area contributed by atoms with Gasteiger partial charge in [-0.25, -0.2) is 4.98 Å². The molecule has 3 aromatic rings. The normalized spacial score (nSPS) is 10.4. The van der Waals surface area contributed by atoms with Crippen LogP contribution in [0.3, 0.4) is 0 Å². The molecule has 0 saturated heterocycles. The van der Waals surface area contributed by atoms with Gasteiger partial charge in [0.25, 0.3) is 0 Å².